The molecule has 0 aromatic heterocycles. The molecular formula is C31H30N2O9. The average Bonchev–Trinajstić information content (AvgIpc) is 2.94. The number of rotatable bonds is 5. The minimum atomic E-state index is -3.09. The number of likely N-dealkylation sites (N-methyl/N-ethyl adjacent to an activating group) is 1. The average molecular weight is 575 g/mol. The Labute approximate surface area is 240 Å². The van der Waals surface area contributed by atoms with Crippen LogP contribution < -0.4 is 5.73 Å². The monoisotopic (exact) mass is 574 g/mol. The Hall–Kier alpha value is -4.48. The molecule has 0 bridgehead atoms. The van der Waals surface area contributed by atoms with Crippen molar-refractivity contribution in [1.29, 1.82) is 0 Å². The van der Waals surface area contributed by atoms with Gasteiger partial charge in [0.2, 0.25) is 5.91 Å². The molecule has 2 aromatic carbocycles. The summed E-state index contributed by atoms with van der Waals surface area (Å²) in [5.74, 6) is -14.0. The summed E-state index contributed by atoms with van der Waals surface area (Å²) in [7, 11) is 2.90. The zero-order valence-corrected chi connectivity index (χ0v) is 23.1. The summed E-state index contributed by atoms with van der Waals surface area (Å²) in [4.78, 5) is 82.3. The SMILES string of the molecule is CCC(=O)O[C@@H]1[C@H]2[C@H](N(C)C)C(=O)C(C(N)=O)C(=O)[C@@]2(O)C(=O)C2C(=O)c3c(O)cccc3/C(=C\c3ccccc3)[C@H]21. The van der Waals surface area contributed by atoms with Gasteiger partial charge in [0.1, 0.15) is 11.9 Å². The maximum atomic E-state index is 14.4. The van der Waals surface area contributed by atoms with E-state index in [9.17, 15) is 39.0 Å². The van der Waals surface area contributed by atoms with Crippen LogP contribution in [0.15, 0.2) is 48.5 Å². The van der Waals surface area contributed by atoms with Crippen LogP contribution in [-0.4, -0.2) is 82.0 Å². The van der Waals surface area contributed by atoms with Crippen LogP contribution >= 0.6 is 0 Å². The molecule has 3 aliphatic carbocycles. The summed E-state index contributed by atoms with van der Waals surface area (Å²) in [6.45, 7) is 1.52. The van der Waals surface area contributed by atoms with Crippen LogP contribution in [0, 0.1) is 23.7 Å². The summed E-state index contributed by atoms with van der Waals surface area (Å²) < 4.78 is 5.87. The Morgan fingerprint density at radius 3 is 2.29 bits per heavy atom. The summed E-state index contributed by atoms with van der Waals surface area (Å²) >= 11 is 0. The second-order valence-corrected chi connectivity index (χ2v) is 11.1. The standard InChI is InChI=1S/C31H30N2O9/c1-4-18(35)42-27-20-16(13-14-9-6-5-7-10-14)15-11-8-12-17(34)19(15)25(36)21(20)28(38)31(41)23(27)24(33(2)3)26(37)22(29(31)39)30(32)40/h5-13,20-24,27,34,41H,4H2,1-3H3,(H2,32,40)/b16-13+/t20-,21?,22?,23-,24+,27+,31+/m1/s1. The number of aliphatic hydroxyl groups is 1. The van der Waals surface area contributed by atoms with Crippen LogP contribution in [0.25, 0.3) is 11.6 Å². The van der Waals surface area contributed by atoms with E-state index in [4.69, 9.17) is 10.5 Å². The van der Waals surface area contributed by atoms with Crippen LogP contribution in [0.4, 0.5) is 0 Å². The van der Waals surface area contributed by atoms with Gasteiger partial charge in [0.05, 0.1) is 23.4 Å². The van der Waals surface area contributed by atoms with E-state index in [1.807, 2.05) is 0 Å². The molecule has 0 heterocycles. The lowest BCUT2D eigenvalue weighted by atomic mass is 9.50. The van der Waals surface area contributed by atoms with Crippen LogP contribution in [0.1, 0.15) is 34.8 Å². The number of esters is 1. The molecule has 42 heavy (non-hydrogen) atoms. The second kappa shape index (κ2) is 10.4. The summed E-state index contributed by atoms with van der Waals surface area (Å²) in [5.41, 5.74) is 3.37. The number of ketones is 4. The maximum Gasteiger partial charge on any atom is 0.305 e. The Kier molecular flexibility index (Phi) is 7.20. The van der Waals surface area contributed by atoms with Crippen molar-refractivity contribution < 1.29 is 43.7 Å². The molecule has 218 valence electrons. The number of phenols is 1. The van der Waals surface area contributed by atoms with E-state index in [1.165, 1.54) is 38.1 Å². The molecule has 4 N–H and O–H groups in total. The molecule has 0 radical (unpaired) electrons. The Morgan fingerprint density at radius 1 is 1.02 bits per heavy atom. The number of carbonyl (C=O) groups excluding carboxylic acids is 6. The van der Waals surface area contributed by atoms with Gasteiger partial charge in [-0.1, -0.05) is 55.5 Å². The molecule has 1 amide bonds. The normalized spacial score (nSPS) is 31.4. The smallest absolute Gasteiger partial charge is 0.305 e. The summed E-state index contributed by atoms with van der Waals surface area (Å²) in [6, 6.07) is 11.8. The van der Waals surface area contributed by atoms with Gasteiger partial charge in [-0.2, -0.15) is 0 Å². The van der Waals surface area contributed by atoms with Gasteiger partial charge in [0, 0.05) is 12.3 Å². The highest BCUT2D eigenvalue weighted by atomic mass is 16.5. The van der Waals surface area contributed by atoms with E-state index in [1.54, 1.807) is 42.5 Å². The quantitative estimate of drug-likeness (QED) is 0.341. The van der Waals surface area contributed by atoms with Gasteiger partial charge >= 0.3 is 5.97 Å². The third-order valence-electron chi connectivity index (χ3n) is 8.52. The number of benzene rings is 2. The Balaban J connectivity index is 1.86. The number of ether oxygens (including phenoxy) is 1. The molecule has 11 heteroatoms. The lowest BCUT2D eigenvalue weighted by Crippen LogP contribution is -2.77. The number of amides is 1. The van der Waals surface area contributed by atoms with Gasteiger partial charge in [0.25, 0.3) is 0 Å². The lowest BCUT2D eigenvalue weighted by Gasteiger charge is -2.55. The molecule has 7 atom stereocenters. The number of Topliss-reactive ketones (excluding diaryl/α,β-unsaturated/α-hetero) is 4. The first-order valence-electron chi connectivity index (χ1n) is 13.5. The third kappa shape index (κ3) is 4.11. The molecule has 5 rings (SSSR count). The number of aromatic hydroxyl groups is 1. The van der Waals surface area contributed by atoms with Crippen LogP contribution in [-0.2, 0) is 28.7 Å². The van der Waals surface area contributed by atoms with Gasteiger partial charge < -0.3 is 20.7 Å². The molecular weight excluding hydrogens is 544 g/mol. The molecule has 2 saturated carbocycles. The van der Waals surface area contributed by atoms with Gasteiger partial charge in [-0.25, -0.2) is 0 Å². The fourth-order valence-electron chi connectivity index (χ4n) is 6.75. The first-order valence-corrected chi connectivity index (χ1v) is 13.5. The summed E-state index contributed by atoms with van der Waals surface area (Å²) in [6.07, 6.45) is -0.00125. The van der Waals surface area contributed by atoms with Gasteiger partial charge in [-0.05, 0) is 36.9 Å². The fourth-order valence-corrected chi connectivity index (χ4v) is 6.75. The number of hydrogen-bond donors (Lipinski definition) is 3. The lowest BCUT2D eigenvalue weighted by molar-refractivity contribution is -0.201. The van der Waals surface area contributed by atoms with Crippen LogP contribution in [0.3, 0.4) is 0 Å². The second-order valence-electron chi connectivity index (χ2n) is 11.1. The zero-order chi connectivity index (χ0) is 30.7. The molecule has 2 unspecified atom stereocenters. The molecule has 0 saturated heterocycles. The number of fused-ring (bicyclic) bond motifs is 3. The van der Waals surface area contributed by atoms with Crippen molar-refractivity contribution in [3.63, 3.8) is 0 Å². The number of primary amides is 1. The van der Waals surface area contributed by atoms with Crippen molar-refractivity contribution in [2.75, 3.05) is 14.1 Å². The Morgan fingerprint density at radius 2 is 1.69 bits per heavy atom. The highest BCUT2D eigenvalue weighted by Crippen LogP contribution is 2.55. The van der Waals surface area contributed by atoms with E-state index >= 15 is 0 Å². The summed E-state index contributed by atoms with van der Waals surface area (Å²) in [5, 5.41) is 22.8. The van der Waals surface area contributed by atoms with Crippen molar-refractivity contribution >= 4 is 46.7 Å². The molecule has 0 aliphatic heterocycles. The highest BCUT2D eigenvalue weighted by molar-refractivity contribution is 6.33. The van der Waals surface area contributed by atoms with Gasteiger partial charge in [-0.3, -0.25) is 33.7 Å². The van der Waals surface area contributed by atoms with E-state index < -0.39 is 82.2 Å². The van der Waals surface area contributed by atoms with Crippen LogP contribution in [0.2, 0.25) is 0 Å². The van der Waals surface area contributed by atoms with Crippen molar-refractivity contribution in [3.8, 4) is 5.75 Å². The maximum absolute atomic E-state index is 14.4. The van der Waals surface area contributed by atoms with E-state index in [0.29, 0.717) is 11.1 Å². The molecule has 0 spiro atoms. The number of hydrogen-bond acceptors (Lipinski definition) is 10. The predicted octanol–water partition coefficient (Wildman–Crippen LogP) is 0.797. The highest BCUT2D eigenvalue weighted by Gasteiger charge is 2.73. The number of nitrogens with zero attached hydrogens (tertiary/aromatic N) is 1. The van der Waals surface area contributed by atoms with Gasteiger partial charge in [0.15, 0.2) is 34.7 Å². The minimum absolute atomic E-state index is 0.130. The predicted molar refractivity (Wildman–Crippen MR) is 148 cm³/mol. The van der Waals surface area contributed by atoms with Crippen molar-refractivity contribution in [2.45, 2.75) is 31.1 Å². The zero-order valence-electron chi connectivity index (χ0n) is 23.1. The third-order valence-corrected chi connectivity index (χ3v) is 8.52. The minimum Gasteiger partial charge on any atom is -0.507 e. The first-order chi connectivity index (χ1) is 19.9. The topological polar surface area (TPSA) is 181 Å². The fraction of sp³-hybridized carbons (Fsp3) is 0.355. The van der Waals surface area contributed by atoms with Crippen molar-refractivity contribution in [2.24, 2.45) is 29.4 Å². The van der Waals surface area contributed by atoms with Crippen molar-refractivity contribution in [1.82, 2.24) is 4.90 Å². The number of carbonyl (C=O) groups is 6. The Bertz CT molecular complexity index is 1560. The van der Waals surface area contributed by atoms with E-state index in [-0.39, 0.29) is 17.5 Å². The number of nitrogens with two attached hydrogens (primary N) is 1. The molecule has 2 fully saturated rings. The van der Waals surface area contributed by atoms with Gasteiger partial charge in [-0.15, -0.1) is 0 Å². The first kappa shape index (κ1) is 29.0. The van der Waals surface area contributed by atoms with E-state index in [0.717, 1.165) is 0 Å². The molecule has 3 aliphatic rings. The molecule has 11 nitrogen and oxygen atoms in total. The number of phenolic OH excluding ortho intramolecular Hbond substituents is 1. The largest absolute Gasteiger partial charge is 0.507 e. The van der Waals surface area contributed by atoms with Crippen LogP contribution in [0.5, 0.6) is 5.75 Å². The van der Waals surface area contributed by atoms with E-state index in [2.05, 4.69) is 0 Å². The van der Waals surface area contributed by atoms with Crippen molar-refractivity contribution in [3.05, 3.63) is 65.2 Å². The molecule has 2 aromatic rings.